The zero-order chi connectivity index (χ0) is 92.7. The summed E-state index contributed by atoms with van der Waals surface area (Å²) in [4.78, 5) is 0. The average Bonchev–Trinajstić information content (AvgIpc) is 0.809. The number of rotatable bonds is 102. The van der Waals surface area contributed by atoms with Crippen LogP contribution >= 0.6 is 0 Å². The van der Waals surface area contributed by atoms with E-state index >= 15 is 0 Å². The van der Waals surface area contributed by atoms with Gasteiger partial charge in [0, 0.05) is 33.4 Å². The van der Waals surface area contributed by atoms with E-state index in [-0.39, 0.29) is 0 Å². The molecule has 0 aliphatic rings. The molecule has 0 unspecified atom stereocenters. The molecule has 3 rings (SSSR count). The van der Waals surface area contributed by atoms with Crippen LogP contribution in [0.15, 0.2) is 46.7 Å². The second-order valence-corrected chi connectivity index (χ2v) is 39.6. The summed E-state index contributed by atoms with van der Waals surface area (Å²) >= 11 is 0. The van der Waals surface area contributed by atoms with Gasteiger partial charge in [-0.2, -0.15) is 0 Å². The van der Waals surface area contributed by atoms with E-state index in [0.717, 1.165) is 122 Å². The number of unbranched alkanes of at least 4 members (excludes halogenated alkanes) is 78. The maximum absolute atomic E-state index is 10.2. The van der Waals surface area contributed by atoms with E-state index in [1.54, 1.807) is 0 Å². The summed E-state index contributed by atoms with van der Waals surface area (Å²) in [6.07, 6.45) is 121. The van der Waals surface area contributed by atoms with E-state index in [2.05, 4.69) is 100 Å². The molecule has 0 spiro atoms. The highest BCUT2D eigenvalue weighted by Gasteiger charge is 2.18. The first-order valence-corrected chi connectivity index (χ1v) is 57.5. The third-order valence-corrected chi connectivity index (χ3v) is 27.2. The Morgan fingerprint density at radius 3 is 0.369 bits per heavy atom. The van der Waals surface area contributed by atoms with Crippen LogP contribution in [0.5, 0.6) is 34.5 Å². The van der Waals surface area contributed by atoms with Crippen LogP contribution in [0.1, 0.15) is 614 Å². The topological polar surface area (TPSA) is 121 Å². The van der Waals surface area contributed by atoms with Gasteiger partial charge in [-0.05, 0) is 74.9 Å². The smallest absolute Gasteiger partial charge is 0.129 e. The zero-order valence-corrected chi connectivity index (χ0v) is 86.8. The number of nitrogens with zero attached hydrogens (tertiary/aromatic N) is 2. The van der Waals surface area contributed by atoms with Crippen molar-refractivity contribution in [2.24, 2.45) is 10.3 Å². The van der Waals surface area contributed by atoms with Gasteiger partial charge in [0.05, 0.1) is 52.1 Å². The molecule has 0 aliphatic heterocycles. The molecule has 0 aliphatic carbocycles. The number of oxime groups is 2. The maximum atomic E-state index is 10.2. The Bertz CT molecular complexity index is 2830. The standard InChI is InChI=1S/C120H212N2O8/c1-7-13-19-25-31-37-43-49-55-61-67-73-79-85-95-125-115-101-110(92-94-112-104-120(130-100-90-84-78-72-66-60-54-48-42-36-30-24-18-12-6)114(108-122-124)106-118(112)128-98-88-82-76-70-64-58-52-46-40-34-28-22-16-10-4)116(126-96-86-80-74-68-62-56-50-44-38-32-26-20-14-8-2)102-109(115)91-93-111-103-119(129-99-89-83-77-71-65-59-53-47-41-35-29-23-17-11-5)113(107-121-123)105-117(111)127-97-87-81-75-69-63-57-51-45-39-33-27-21-15-9-3/h91-94,101-108,123-124H,7-90,95-100H2,1-6H3/b93-91+,94-92+,121-107+,122-108+. The molecule has 0 heterocycles. The Balaban J connectivity index is 2.13. The van der Waals surface area contributed by atoms with E-state index in [1.165, 1.54) is 475 Å². The van der Waals surface area contributed by atoms with Gasteiger partial charge in [-0.15, -0.1) is 0 Å². The maximum Gasteiger partial charge on any atom is 0.129 e. The molecule has 10 heteroatoms. The number of hydrogen-bond donors (Lipinski definition) is 2. The lowest BCUT2D eigenvalue weighted by Crippen LogP contribution is -2.04. The summed E-state index contributed by atoms with van der Waals surface area (Å²) in [5, 5.41) is 27.7. The fraction of sp³-hybridized carbons (Fsp3) is 0.800. The molecular formula is C120H212N2O8. The lowest BCUT2D eigenvalue weighted by atomic mass is 10.0. The molecule has 10 nitrogen and oxygen atoms in total. The first-order chi connectivity index (χ1) is 64.5. The highest BCUT2D eigenvalue weighted by atomic mass is 16.5. The summed E-state index contributed by atoms with van der Waals surface area (Å²) in [6, 6.07) is 12.7. The lowest BCUT2D eigenvalue weighted by Gasteiger charge is -2.17. The molecule has 130 heavy (non-hydrogen) atoms. The van der Waals surface area contributed by atoms with Crippen molar-refractivity contribution in [3.8, 4) is 34.5 Å². The van der Waals surface area contributed by atoms with Crippen molar-refractivity contribution >= 4 is 36.7 Å². The second kappa shape index (κ2) is 94.2. The highest BCUT2D eigenvalue weighted by Crippen LogP contribution is 2.38. The van der Waals surface area contributed by atoms with Gasteiger partial charge in [0.2, 0.25) is 0 Å². The number of hydrogen-bond acceptors (Lipinski definition) is 10. The normalized spacial score (nSPS) is 11.9. The van der Waals surface area contributed by atoms with Crippen LogP contribution in [-0.2, 0) is 0 Å². The minimum Gasteiger partial charge on any atom is -0.493 e. The fourth-order valence-electron chi connectivity index (χ4n) is 18.6. The minimum atomic E-state index is 0.584. The van der Waals surface area contributed by atoms with Gasteiger partial charge in [-0.1, -0.05) is 577 Å². The zero-order valence-electron chi connectivity index (χ0n) is 86.8. The van der Waals surface area contributed by atoms with Crippen molar-refractivity contribution in [3.63, 3.8) is 0 Å². The van der Waals surface area contributed by atoms with Gasteiger partial charge in [0.15, 0.2) is 0 Å². The SMILES string of the molecule is CCCCCCCCCCCCCCCCOc1cc(/C=C/c2cc(OCCCCCCCCCCCCCCCC)c(/C=N/O)cc2OCCCCCCCCCCCCCCCC)c(OCCCCCCCCCCCCCCCC)cc1/C=C/c1cc(OCCCCCCCCCCCCCCCC)c(/C=N/O)cc1OCCCCCCCCCCCCCCCC. The largest absolute Gasteiger partial charge is 0.493 e. The molecule has 0 atom stereocenters. The predicted octanol–water partition coefficient (Wildman–Crippen LogP) is 40.8. The van der Waals surface area contributed by atoms with E-state index < -0.39 is 0 Å². The molecule has 3 aromatic carbocycles. The first kappa shape index (κ1) is 119. The predicted molar refractivity (Wildman–Crippen MR) is 571 cm³/mol. The Labute approximate surface area is 805 Å². The summed E-state index contributed by atoms with van der Waals surface area (Å²) in [6.45, 7) is 17.4. The molecule has 0 aromatic heterocycles. The van der Waals surface area contributed by atoms with Crippen LogP contribution in [-0.4, -0.2) is 62.5 Å². The van der Waals surface area contributed by atoms with Gasteiger partial charge in [0.25, 0.3) is 0 Å². The van der Waals surface area contributed by atoms with Crippen LogP contribution in [0.25, 0.3) is 24.3 Å². The molecule has 0 fully saturated rings. The van der Waals surface area contributed by atoms with E-state index in [4.69, 9.17) is 28.4 Å². The summed E-state index contributed by atoms with van der Waals surface area (Å²) in [5.74, 6) is 4.46. The molecule has 0 bridgehead atoms. The van der Waals surface area contributed by atoms with Gasteiger partial charge in [-0.3, -0.25) is 0 Å². The third kappa shape index (κ3) is 70.5. The van der Waals surface area contributed by atoms with Crippen molar-refractivity contribution < 1.29 is 38.8 Å². The summed E-state index contributed by atoms with van der Waals surface area (Å²) in [7, 11) is 0. The molecule has 3 aromatic rings. The second-order valence-electron chi connectivity index (χ2n) is 39.6. The van der Waals surface area contributed by atoms with Crippen molar-refractivity contribution in [2.45, 2.75) is 581 Å². The average molecular weight is 1810 g/mol. The Morgan fingerprint density at radius 2 is 0.254 bits per heavy atom. The lowest BCUT2D eigenvalue weighted by molar-refractivity contribution is 0.294. The number of ether oxygens (including phenoxy) is 6. The van der Waals surface area contributed by atoms with Gasteiger partial charge in [-0.25, -0.2) is 0 Å². The summed E-state index contributed by atoms with van der Waals surface area (Å²) in [5.41, 5.74) is 5.09. The highest BCUT2D eigenvalue weighted by molar-refractivity contribution is 5.88. The molecule has 0 saturated carbocycles. The molecule has 2 N–H and O–H groups in total. The van der Waals surface area contributed by atoms with Crippen molar-refractivity contribution in [2.75, 3.05) is 39.6 Å². The molecular weight excluding hydrogens is 1600 g/mol. The molecule has 0 saturated heterocycles. The van der Waals surface area contributed by atoms with E-state index in [9.17, 15) is 10.4 Å². The number of benzene rings is 3. The van der Waals surface area contributed by atoms with E-state index in [0.29, 0.717) is 62.3 Å². The van der Waals surface area contributed by atoms with E-state index in [1.807, 2.05) is 12.1 Å². The summed E-state index contributed by atoms with van der Waals surface area (Å²) < 4.78 is 41.5. The van der Waals surface area contributed by atoms with Crippen LogP contribution in [0.2, 0.25) is 0 Å². The molecule has 750 valence electrons. The van der Waals surface area contributed by atoms with Crippen LogP contribution in [0.3, 0.4) is 0 Å². The first-order valence-electron chi connectivity index (χ1n) is 57.5. The van der Waals surface area contributed by atoms with Crippen LogP contribution < -0.4 is 28.4 Å². The quantitative estimate of drug-likeness (QED) is 0.0188. The monoisotopic (exact) mass is 1810 g/mol. The third-order valence-electron chi connectivity index (χ3n) is 27.2. The van der Waals surface area contributed by atoms with Gasteiger partial charge in [0.1, 0.15) is 34.5 Å². The Morgan fingerprint density at radius 1 is 0.154 bits per heavy atom. The van der Waals surface area contributed by atoms with Crippen molar-refractivity contribution in [1.29, 1.82) is 0 Å². The molecule has 0 amide bonds. The molecule has 0 radical (unpaired) electrons. The minimum absolute atomic E-state index is 0.584. The van der Waals surface area contributed by atoms with Gasteiger partial charge < -0.3 is 38.8 Å². The van der Waals surface area contributed by atoms with Crippen LogP contribution in [0.4, 0.5) is 0 Å². The Kier molecular flexibility index (Phi) is 86.3. The van der Waals surface area contributed by atoms with Gasteiger partial charge >= 0.3 is 0 Å². The fourth-order valence-corrected chi connectivity index (χ4v) is 18.6. The van der Waals surface area contributed by atoms with Crippen LogP contribution in [0, 0.1) is 0 Å². The van der Waals surface area contributed by atoms with Crippen molar-refractivity contribution in [1.82, 2.24) is 0 Å². The van der Waals surface area contributed by atoms with Crippen molar-refractivity contribution in [3.05, 3.63) is 69.8 Å². The Hall–Kier alpha value is -5.12.